The summed E-state index contributed by atoms with van der Waals surface area (Å²) in [5.41, 5.74) is 7.14. The Morgan fingerprint density at radius 3 is 2.70 bits per heavy atom. The zero-order valence-corrected chi connectivity index (χ0v) is 16.3. The first-order valence-electron chi connectivity index (χ1n) is 8.75. The summed E-state index contributed by atoms with van der Waals surface area (Å²) in [6.07, 6.45) is 3.09. The van der Waals surface area contributed by atoms with Crippen LogP contribution in [0.3, 0.4) is 0 Å². The molecule has 0 spiro atoms. The molecule has 2 rings (SSSR count). The molecule has 3 N–H and O–H groups in total. The van der Waals surface area contributed by atoms with E-state index < -0.39 is 5.97 Å². The number of nitrogen functional groups attached to an aromatic ring is 1. The van der Waals surface area contributed by atoms with Crippen molar-refractivity contribution in [2.45, 2.75) is 37.9 Å². The minimum atomic E-state index is -0.559. The molecule has 144 valence electrons. The number of ether oxygens (including phenoxy) is 1. The number of anilines is 1. The van der Waals surface area contributed by atoms with Crippen LogP contribution in [-0.2, 0) is 16.0 Å². The fourth-order valence-corrected chi connectivity index (χ4v) is 2.99. The summed E-state index contributed by atoms with van der Waals surface area (Å²) >= 11 is 1.17. The number of hydrogen-bond acceptors (Lipinski definition) is 7. The van der Waals surface area contributed by atoms with Crippen molar-refractivity contribution in [3.8, 4) is 0 Å². The number of thioether (sulfide) groups is 1. The summed E-state index contributed by atoms with van der Waals surface area (Å²) in [4.78, 5) is 31.9. The van der Waals surface area contributed by atoms with E-state index in [2.05, 4.69) is 27.4 Å². The SMILES string of the molecule is CCOC(=O)c1cnc(SCC(=O)NC(C)CCc2ccccc2)nc1N. The summed E-state index contributed by atoms with van der Waals surface area (Å²) in [5.74, 6) is -0.440. The molecule has 1 unspecified atom stereocenters. The maximum atomic E-state index is 12.1. The number of nitrogens with one attached hydrogen (secondary N) is 1. The Labute approximate surface area is 163 Å². The summed E-state index contributed by atoms with van der Waals surface area (Å²) < 4.78 is 4.88. The van der Waals surface area contributed by atoms with Crippen LogP contribution in [0.1, 0.15) is 36.2 Å². The second-order valence-corrected chi connectivity index (χ2v) is 6.90. The standard InChI is InChI=1S/C19H24N4O3S/c1-3-26-18(25)15-11-21-19(23-17(15)20)27-12-16(24)22-13(2)9-10-14-7-5-4-6-8-14/h4-8,11,13H,3,9-10,12H2,1-2H3,(H,22,24)(H2,20,21,23). The number of nitrogens with two attached hydrogens (primary N) is 1. The van der Waals surface area contributed by atoms with Crippen LogP contribution in [-0.4, -0.2) is 40.2 Å². The normalized spacial score (nSPS) is 11.6. The van der Waals surface area contributed by atoms with Crippen LogP contribution in [0, 0.1) is 0 Å². The van der Waals surface area contributed by atoms with E-state index in [9.17, 15) is 9.59 Å². The highest BCUT2D eigenvalue weighted by Crippen LogP contribution is 2.17. The highest BCUT2D eigenvalue weighted by Gasteiger charge is 2.15. The summed E-state index contributed by atoms with van der Waals surface area (Å²) in [6, 6.07) is 10.2. The van der Waals surface area contributed by atoms with Gasteiger partial charge in [0.25, 0.3) is 0 Å². The quantitative estimate of drug-likeness (QED) is 0.386. The molecule has 27 heavy (non-hydrogen) atoms. The summed E-state index contributed by atoms with van der Waals surface area (Å²) in [6.45, 7) is 3.93. The number of amides is 1. The summed E-state index contributed by atoms with van der Waals surface area (Å²) in [5, 5.41) is 3.30. The van der Waals surface area contributed by atoms with Crippen molar-refractivity contribution in [2.75, 3.05) is 18.1 Å². The minimum absolute atomic E-state index is 0.0441. The number of aryl methyl sites for hydroxylation is 1. The van der Waals surface area contributed by atoms with Crippen molar-refractivity contribution in [3.63, 3.8) is 0 Å². The van der Waals surface area contributed by atoms with Gasteiger partial charge in [0.1, 0.15) is 11.4 Å². The van der Waals surface area contributed by atoms with Gasteiger partial charge < -0.3 is 15.8 Å². The molecule has 1 amide bonds. The highest BCUT2D eigenvalue weighted by molar-refractivity contribution is 7.99. The number of aromatic nitrogens is 2. The highest BCUT2D eigenvalue weighted by atomic mass is 32.2. The van der Waals surface area contributed by atoms with Crippen LogP contribution in [0.4, 0.5) is 5.82 Å². The zero-order chi connectivity index (χ0) is 19.6. The Balaban J connectivity index is 1.77. The number of hydrogen-bond donors (Lipinski definition) is 2. The minimum Gasteiger partial charge on any atom is -0.462 e. The Morgan fingerprint density at radius 2 is 2.04 bits per heavy atom. The van der Waals surface area contributed by atoms with Crippen molar-refractivity contribution in [3.05, 3.63) is 47.7 Å². The van der Waals surface area contributed by atoms with E-state index in [1.807, 2.05) is 25.1 Å². The molecular formula is C19H24N4O3S. The average molecular weight is 388 g/mol. The lowest BCUT2D eigenvalue weighted by Crippen LogP contribution is -2.34. The molecule has 1 aromatic heterocycles. The van der Waals surface area contributed by atoms with Gasteiger partial charge in [0.05, 0.1) is 12.4 Å². The number of carbonyl (C=O) groups is 2. The van der Waals surface area contributed by atoms with Crippen molar-refractivity contribution in [1.29, 1.82) is 0 Å². The van der Waals surface area contributed by atoms with Crippen molar-refractivity contribution >= 4 is 29.5 Å². The lowest BCUT2D eigenvalue weighted by atomic mass is 10.1. The van der Waals surface area contributed by atoms with E-state index in [0.29, 0.717) is 5.16 Å². The van der Waals surface area contributed by atoms with Crippen molar-refractivity contribution in [1.82, 2.24) is 15.3 Å². The molecule has 8 heteroatoms. The maximum absolute atomic E-state index is 12.1. The van der Waals surface area contributed by atoms with Gasteiger partial charge in [-0.25, -0.2) is 14.8 Å². The molecular weight excluding hydrogens is 364 g/mol. The predicted molar refractivity (Wildman–Crippen MR) is 105 cm³/mol. The molecule has 2 aromatic rings. The Morgan fingerprint density at radius 1 is 1.30 bits per heavy atom. The first kappa shape index (κ1) is 20.7. The van der Waals surface area contributed by atoms with Gasteiger partial charge in [-0.05, 0) is 32.3 Å². The van der Waals surface area contributed by atoms with E-state index >= 15 is 0 Å². The van der Waals surface area contributed by atoms with Crippen LogP contribution in [0.25, 0.3) is 0 Å². The number of rotatable bonds is 9. The molecule has 1 aromatic carbocycles. The van der Waals surface area contributed by atoms with Crippen molar-refractivity contribution in [2.24, 2.45) is 0 Å². The van der Waals surface area contributed by atoms with Crippen molar-refractivity contribution < 1.29 is 14.3 Å². The Bertz CT molecular complexity index is 771. The van der Waals surface area contributed by atoms with Crippen LogP contribution < -0.4 is 11.1 Å². The molecule has 1 heterocycles. The predicted octanol–water partition coefficient (Wildman–Crippen LogP) is 2.47. The van der Waals surface area contributed by atoms with Gasteiger partial charge in [-0.2, -0.15) is 0 Å². The number of benzene rings is 1. The second kappa shape index (κ2) is 10.5. The first-order valence-corrected chi connectivity index (χ1v) is 9.73. The molecule has 0 aliphatic carbocycles. The van der Waals surface area contributed by atoms with Crippen LogP contribution in [0.2, 0.25) is 0 Å². The van der Waals surface area contributed by atoms with E-state index in [-0.39, 0.29) is 35.7 Å². The van der Waals surface area contributed by atoms with E-state index in [1.165, 1.54) is 23.5 Å². The van der Waals surface area contributed by atoms with E-state index in [0.717, 1.165) is 12.8 Å². The van der Waals surface area contributed by atoms with Gasteiger partial charge in [0.15, 0.2) is 5.16 Å². The largest absolute Gasteiger partial charge is 0.462 e. The molecule has 0 radical (unpaired) electrons. The van der Waals surface area contributed by atoms with Crippen LogP contribution >= 0.6 is 11.8 Å². The van der Waals surface area contributed by atoms with Gasteiger partial charge in [-0.1, -0.05) is 42.1 Å². The smallest absolute Gasteiger partial charge is 0.343 e. The maximum Gasteiger partial charge on any atom is 0.343 e. The second-order valence-electron chi connectivity index (χ2n) is 5.95. The topological polar surface area (TPSA) is 107 Å². The fourth-order valence-electron chi connectivity index (χ4n) is 2.36. The molecule has 0 saturated carbocycles. The number of esters is 1. The Kier molecular flexibility index (Phi) is 8.06. The van der Waals surface area contributed by atoms with Gasteiger partial charge in [0.2, 0.25) is 5.91 Å². The fraction of sp³-hybridized carbons (Fsp3) is 0.368. The lowest BCUT2D eigenvalue weighted by molar-refractivity contribution is -0.119. The summed E-state index contributed by atoms with van der Waals surface area (Å²) in [7, 11) is 0. The number of carbonyl (C=O) groups excluding carboxylic acids is 2. The average Bonchev–Trinajstić information content (AvgIpc) is 2.66. The zero-order valence-electron chi connectivity index (χ0n) is 15.5. The van der Waals surface area contributed by atoms with E-state index in [1.54, 1.807) is 6.92 Å². The van der Waals surface area contributed by atoms with Gasteiger partial charge in [-0.3, -0.25) is 4.79 Å². The van der Waals surface area contributed by atoms with Crippen LogP contribution in [0.15, 0.2) is 41.7 Å². The molecule has 0 saturated heterocycles. The van der Waals surface area contributed by atoms with Gasteiger partial charge in [0, 0.05) is 12.2 Å². The molecule has 0 aliphatic rings. The monoisotopic (exact) mass is 388 g/mol. The third kappa shape index (κ3) is 6.90. The Hall–Kier alpha value is -2.61. The van der Waals surface area contributed by atoms with Gasteiger partial charge in [-0.15, -0.1) is 0 Å². The molecule has 1 atom stereocenters. The van der Waals surface area contributed by atoms with E-state index in [4.69, 9.17) is 10.5 Å². The first-order chi connectivity index (χ1) is 13.0. The molecule has 0 bridgehead atoms. The molecule has 0 aliphatic heterocycles. The number of nitrogens with zero attached hydrogens (tertiary/aromatic N) is 2. The van der Waals surface area contributed by atoms with Gasteiger partial charge >= 0.3 is 5.97 Å². The lowest BCUT2D eigenvalue weighted by Gasteiger charge is -2.13. The molecule has 7 nitrogen and oxygen atoms in total. The van der Waals surface area contributed by atoms with Crippen LogP contribution in [0.5, 0.6) is 0 Å². The third-order valence-corrected chi connectivity index (χ3v) is 4.60. The molecule has 0 fully saturated rings. The third-order valence-electron chi connectivity index (χ3n) is 3.74.